The number of pyridine rings is 1. The van der Waals surface area contributed by atoms with E-state index in [4.69, 9.17) is 23.2 Å². The van der Waals surface area contributed by atoms with E-state index in [0.29, 0.717) is 27.6 Å². The smallest absolute Gasteiger partial charge is 0.147 e. The number of anilines is 2. The molecule has 4 nitrogen and oxygen atoms in total. The summed E-state index contributed by atoms with van der Waals surface area (Å²) in [5, 5.41) is 17.3. The molecule has 0 radical (unpaired) electrons. The molecule has 0 aromatic carbocycles. The first-order valence-electron chi connectivity index (χ1n) is 7.62. The molecule has 21 heavy (non-hydrogen) atoms. The summed E-state index contributed by atoms with van der Waals surface area (Å²) in [5.74, 6) is 1.78. The van der Waals surface area contributed by atoms with E-state index in [-0.39, 0.29) is 6.10 Å². The van der Waals surface area contributed by atoms with Gasteiger partial charge >= 0.3 is 0 Å². The Kier molecular flexibility index (Phi) is 6.40. The number of halogens is 2. The largest absolute Gasteiger partial charge is 0.393 e. The number of rotatable bonds is 6. The van der Waals surface area contributed by atoms with Crippen molar-refractivity contribution < 1.29 is 5.11 Å². The van der Waals surface area contributed by atoms with Gasteiger partial charge in [0, 0.05) is 13.1 Å². The standard InChI is InChI=1S/C15H23Cl2N3O/c1-2-6-18-14-12(16)8-13(17)15(20-14)19-9-10-4-3-5-11(21)7-10/h8,10-11,21H,2-7,9H2,1H3,(H2,18,19,20). The average Bonchev–Trinajstić information content (AvgIpc) is 2.45. The second-order valence-electron chi connectivity index (χ2n) is 5.64. The van der Waals surface area contributed by atoms with Crippen molar-refractivity contribution in [3.63, 3.8) is 0 Å². The Morgan fingerprint density at radius 3 is 2.62 bits per heavy atom. The first kappa shape index (κ1) is 16.7. The van der Waals surface area contributed by atoms with Crippen molar-refractivity contribution >= 4 is 34.8 Å². The van der Waals surface area contributed by atoms with Crippen molar-refractivity contribution in [1.82, 2.24) is 4.98 Å². The number of nitrogens with zero attached hydrogens (tertiary/aromatic N) is 1. The number of nitrogens with one attached hydrogen (secondary N) is 2. The van der Waals surface area contributed by atoms with Crippen LogP contribution in [0.5, 0.6) is 0 Å². The predicted octanol–water partition coefficient (Wildman–Crippen LogP) is 4.17. The van der Waals surface area contributed by atoms with E-state index in [1.54, 1.807) is 6.07 Å². The fraction of sp³-hybridized carbons (Fsp3) is 0.667. The van der Waals surface area contributed by atoms with Crippen LogP contribution in [-0.4, -0.2) is 29.3 Å². The lowest BCUT2D eigenvalue weighted by molar-refractivity contribution is 0.104. The molecule has 6 heteroatoms. The minimum atomic E-state index is -0.166. The van der Waals surface area contributed by atoms with Crippen LogP contribution in [0.15, 0.2) is 6.07 Å². The summed E-state index contributed by atoms with van der Waals surface area (Å²) < 4.78 is 0. The van der Waals surface area contributed by atoms with Crippen LogP contribution in [0.2, 0.25) is 10.0 Å². The lowest BCUT2D eigenvalue weighted by atomic mass is 9.87. The third kappa shape index (κ3) is 4.90. The first-order valence-corrected chi connectivity index (χ1v) is 8.37. The molecule has 2 atom stereocenters. The summed E-state index contributed by atoms with van der Waals surface area (Å²) in [7, 11) is 0. The summed E-state index contributed by atoms with van der Waals surface area (Å²) in [5.41, 5.74) is 0. The number of hydrogen-bond acceptors (Lipinski definition) is 4. The van der Waals surface area contributed by atoms with Crippen molar-refractivity contribution in [1.29, 1.82) is 0 Å². The highest BCUT2D eigenvalue weighted by atomic mass is 35.5. The first-order chi connectivity index (χ1) is 10.1. The van der Waals surface area contributed by atoms with Crippen LogP contribution in [0.4, 0.5) is 11.6 Å². The van der Waals surface area contributed by atoms with Crippen molar-refractivity contribution in [2.75, 3.05) is 23.7 Å². The van der Waals surface area contributed by atoms with Gasteiger partial charge in [-0.1, -0.05) is 36.5 Å². The van der Waals surface area contributed by atoms with Crippen LogP contribution >= 0.6 is 23.2 Å². The molecular weight excluding hydrogens is 309 g/mol. The highest BCUT2D eigenvalue weighted by molar-refractivity contribution is 6.37. The van der Waals surface area contributed by atoms with Crippen molar-refractivity contribution in [2.45, 2.75) is 45.1 Å². The Morgan fingerprint density at radius 2 is 1.95 bits per heavy atom. The zero-order valence-electron chi connectivity index (χ0n) is 12.3. The third-order valence-electron chi connectivity index (χ3n) is 3.79. The normalized spacial score (nSPS) is 22.1. The highest BCUT2D eigenvalue weighted by Crippen LogP contribution is 2.30. The zero-order valence-corrected chi connectivity index (χ0v) is 13.8. The summed E-state index contributed by atoms with van der Waals surface area (Å²) >= 11 is 12.3. The Bertz CT molecular complexity index is 470. The Morgan fingerprint density at radius 1 is 1.24 bits per heavy atom. The van der Waals surface area contributed by atoms with E-state index in [2.05, 4.69) is 22.5 Å². The fourth-order valence-corrected chi connectivity index (χ4v) is 3.14. The topological polar surface area (TPSA) is 57.2 Å². The van der Waals surface area contributed by atoms with Gasteiger partial charge in [-0.25, -0.2) is 4.98 Å². The summed E-state index contributed by atoms with van der Waals surface area (Å²) in [6.45, 7) is 3.69. The van der Waals surface area contributed by atoms with Crippen LogP contribution in [0.3, 0.4) is 0 Å². The van der Waals surface area contributed by atoms with Gasteiger partial charge in [0.15, 0.2) is 0 Å². The lowest BCUT2D eigenvalue weighted by Crippen LogP contribution is -2.25. The molecule has 2 rings (SSSR count). The van der Waals surface area contributed by atoms with Gasteiger partial charge in [-0.05, 0) is 37.7 Å². The van der Waals surface area contributed by atoms with Crippen LogP contribution in [-0.2, 0) is 0 Å². The molecule has 1 aromatic heterocycles. The van der Waals surface area contributed by atoms with Gasteiger partial charge in [-0.3, -0.25) is 0 Å². The molecule has 0 spiro atoms. The van der Waals surface area contributed by atoms with Gasteiger partial charge in [-0.2, -0.15) is 0 Å². The van der Waals surface area contributed by atoms with Gasteiger partial charge in [0.25, 0.3) is 0 Å². The molecule has 3 N–H and O–H groups in total. The van der Waals surface area contributed by atoms with Gasteiger partial charge in [-0.15, -0.1) is 0 Å². The van der Waals surface area contributed by atoms with E-state index in [9.17, 15) is 5.11 Å². The fourth-order valence-electron chi connectivity index (χ4n) is 2.65. The third-order valence-corrected chi connectivity index (χ3v) is 4.36. The Balaban J connectivity index is 1.98. The van der Waals surface area contributed by atoms with Crippen LogP contribution in [0, 0.1) is 5.92 Å². The second-order valence-corrected chi connectivity index (χ2v) is 6.46. The monoisotopic (exact) mass is 331 g/mol. The maximum atomic E-state index is 9.71. The van der Waals surface area contributed by atoms with Crippen LogP contribution in [0.25, 0.3) is 0 Å². The maximum absolute atomic E-state index is 9.71. The lowest BCUT2D eigenvalue weighted by Gasteiger charge is -2.26. The van der Waals surface area contributed by atoms with Crippen LogP contribution in [0.1, 0.15) is 39.0 Å². The molecular formula is C15H23Cl2N3O. The minimum absolute atomic E-state index is 0.166. The molecule has 0 saturated heterocycles. The average molecular weight is 332 g/mol. The van der Waals surface area contributed by atoms with E-state index in [0.717, 1.165) is 45.2 Å². The molecule has 0 aliphatic heterocycles. The number of aromatic nitrogens is 1. The molecule has 2 unspecified atom stereocenters. The second kappa shape index (κ2) is 8.06. The number of aliphatic hydroxyl groups is 1. The van der Waals surface area contributed by atoms with E-state index in [1.165, 1.54) is 0 Å². The van der Waals surface area contributed by atoms with E-state index < -0.39 is 0 Å². The molecule has 1 heterocycles. The van der Waals surface area contributed by atoms with Gasteiger partial charge in [0.1, 0.15) is 11.6 Å². The van der Waals surface area contributed by atoms with Gasteiger partial charge < -0.3 is 15.7 Å². The number of aliphatic hydroxyl groups excluding tert-OH is 1. The quantitative estimate of drug-likeness (QED) is 0.732. The Hall–Kier alpha value is -0.710. The summed E-state index contributed by atoms with van der Waals surface area (Å²) in [6, 6.07) is 1.71. The molecule has 0 amide bonds. The van der Waals surface area contributed by atoms with Crippen molar-refractivity contribution in [3.05, 3.63) is 16.1 Å². The van der Waals surface area contributed by atoms with Gasteiger partial charge in [0.2, 0.25) is 0 Å². The van der Waals surface area contributed by atoms with Crippen molar-refractivity contribution in [2.24, 2.45) is 5.92 Å². The molecule has 1 aliphatic carbocycles. The predicted molar refractivity (Wildman–Crippen MR) is 89.5 cm³/mol. The SMILES string of the molecule is CCCNc1nc(NCC2CCCC(O)C2)c(Cl)cc1Cl. The van der Waals surface area contributed by atoms with Crippen molar-refractivity contribution in [3.8, 4) is 0 Å². The number of hydrogen-bond donors (Lipinski definition) is 3. The molecule has 1 fully saturated rings. The van der Waals surface area contributed by atoms with E-state index >= 15 is 0 Å². The molecule has 1 aromatic rings. The maximum Gasteiger partial charge on any atom is 0.147 e. The van der Waals surface area contributed by atoms with E-state index in [1.807, 2.05) is 0 Å². The molecule has 1 saturated carbocycles. The molecule has 118 valence electrons. The Labute approximate surface area is 136 Å². The summed E-state index contributed by atoms with van der Waals surface area (Å²) in [6.07, 6.45) is 4.82. The molecule has 1 aliphatic rings. The van der Waals surface area contributed by atoms with Gasteiger partial charge in [0.05, 0.1) is 16.1 Å². The minimum Gasteiger partial charge on any atom is -0.393 e. The summed E-state index contributed by atoms with van der Waals surface area (Å²) in [4.78, 5) is 4.46. The van der Waals surface area contributed by atoms with Crippen LogP contribution < -0.4 is 10.6 Å². The zero-order chi connectivity index (χ0) is 15.2. The molecule has 0 bridgehead atoms. The highest BCUT2D eigenvalue weighted by Gasteiger charge is 2.20.